The minimum absolute atomic E-state index is 0.212. The fourth-order valence-corrected chi connectivity index (χ4v) is 2.11. The van der Waals surface area contributed by atoms with Crippen molar-refractivity contribution in [2.75, 3.05) is 11.9 Å². The van der Waals surface area contributed by atoms with Gasteiger partial charge in [-0.05, 0) is 12.1 Å². The minimum Gasteiger partial charge on any atom is -0.480 e. The van der Waals surface area contributed by atoms with Gasteiger partial charge in [-0.15, -0.1) is 0 Å². The van der Waals surface area contributed by atoms with Gasteiger partial charge in [0.15, 0.2) is 0 Å². The van der Waals surface area contributed by atoms with Crippen molar-refractivity contribution in [2.24, 2.45) is 0 Å². The largest absolute Gasteiger partial charge is 0.480 e. The molecular formula is C11H8Cl2N2O3. The molecule has 1 aliphatic rings. The number of nitrogens with zero attached hydrogens (tertiary/aromatic N) is 1. The number of urea groups is 1. The first kappa shape index (κ1) is 12.7. The third-order valence-corrected chi connectivity index (χ3v) is 3.29. The van der Waals surface area contributed by atoms with Gasteiger partial charge in [-0.2, -0.15) is 0 Å². The molecule has 0 spiro atoms. The number of benzene rings is 1. The maximum atomic E-state index is 11.7. The molecule has 0 saturated heterocycles. The highest BCUT2D eigenvalue weighted by molar-refractivity contribution is 6.43. The van der Waals surface area contributed by atoms with Crippen LogP contribution in [0.15, 0.2) is 18.7 Å². The summed E-state index contributed by atoms with van der Waals surface area (Å²) in [5, 5.41) is 11.8. The lowest BCUT2D eigenvalue weighted by Gasteiger charge is -2.30. The number of halogens is 2. The van der Waals surface area contributed by atoms with Crippen LogP contribution in [-0.2, 0) is 4.79 Å². The number of carbonyl (C=O) groups is 2. The molecule has 0 fully saturated rings. The second kappa shape index (κ2) is 4.51. The van der Waals surface area contributed by atoms with E-state index in [1.54, 1.807) is 12.1 Å². The van der Waals surface area contributed by atoms with Crippen molar-refractivity contribution < 1.29 is 14.7 Å². The van der Waals surface area contributed by atoms with Crippen LogP contribution in [0.25, 0.3) is 5.70 Å². The van der Waals surface area contributed by atoms with E-state index in [0.717, 1.165) is 4.90 Å². The normalized spacial score (nSPS) is 14.2. The Bertz CT molecular complexity index is 572. The van der Waals surface area contributed by atoms with Gasteiger partial charge in [-0.3, -0.25) is 9.69 Å². The average molecular weight is 287 g/mol. The number of carboxylic acids is 1. The van der Waals surface area contributed by atoms with E-state index in [1.807, 2.05) is 0 Å². The summed E-state index contributed by atoms with van der Waals surface area (Å²) in [5.41, 5.74) is 1.11. The van der Waals surface area contributed by atoms with Gasteiger partial charge in [0, 0.05) is 11.3 Å². The van der Waals surface area contributed by atoms with E-state index in [4.69, 9.17) is 28.3 Å². The van der Waals surface area contributed by atoms with Crippen molar-refractivity contribution in [3.63, 3.8) is 0 Å². The molecule has 1 aromatic rings. The molecule has 0 radical (unpaired) electrons. The third-order valence-electron chi connectivity index (χ3n) is 2.49. The molecule has 0 bridgehead atoms. The molecule has 2 rings (SSSR count). The molecule has 0 atom stereocenters. The zero-order valence-electron chi connectivity index (χ0n) is 9.04. The summed E-state index contributed by atoms with van der Waals surface area (Å²) < 4.78 is 0. The van der Waals surface area contributed by atoms with Crippen LogP contribution in [-0.4, -0.2) is 28.6 Å². The average Bonchev–Trinajstić information content (AvgIpc) is 2.29. The Morgan fingerprint density at radius 1 is 1.44 bits per heavy atom. The summed E-state index contributed by atoms with van der Waals surface area (Å²) in [7, 11) is 0. The molecule has 0 unspecified atom stereocenters. The van der Waals surface area contributed by atoms with Crippen LogP contribution in [0.5, 0.6) is 0 Å². The van der Waals surface area contributed by atoms with Crippen molar-refractivity contribution in [1.29, 1.82) is 0 Å². The molecule has 2 amide bonds. The number of fused-ring (bicyclic) bond motifs is 1. The highest BCUT2D eigenvalue weighted by Gasteiger charge is 2.30. The summed E-state index contributed by atoms with van der Waals surface area (Å²) in [6.07, 6.45) is 0. The van der Waals surface area contributed by atoms with Crippen LogP contribution in [0.4, 0.5) is 10.5 Å². The second-order valence-corrected chi connectivity index (χ2v) is 4.43. The topological polar surface area (TPSA) is 69.6 Å². The Morgan fingerprint density at radius 3 is 2.72 bits per heavy atom. The first-order valence-corrected chi connectivity index (χ1v) is 5.65. The fourth-order valence-electron chi connectivity index (χ4n) is 1.68. The smallest absolute Gasteiger partial charge is 0.326 e. The van der Waals surface area contributed by atoms with Gasteiger partial charge in [0.2, 0.25) is 0 Å². The van der Waals surface area contributed by atoms with Crippen LogP contribution < -0.4 is 5.32 Å². The van der Waals surface area contributed by atoms with Crippen molar-refractivity contribution in [3.05, 3.63) is 34.3 Å². The monoisotopic (exact) mass is 286 g/mol. The number of nitrogens with one attached hydrogen (secondary N) is 1. The number of rotatable bonds is 2. The van der Waals surface area contributed by atoms with E-state index in [0.29, 0.717) is 16.3 Å². The summed E-state index contributed by atoms with van der Waals surface area (Å²) in [6.45, 7) is 3.21. The molecule has 7 heteroatoms. The molecule has 0 aliphatic carbocycles. The number of amides is 2. The lowest BCUT2D eigenvalue weighted by molar-refractivity contribution is -0.137. The Balaban J connectivity index is 2.51. The van der Waals surface area contributed by atoms with Crippen molar-refractivity contribution in [2.45, 2.75) is 0 Å². The Morgan fingerprint density at radius 2 is 2.11 bits per heavy atom. The standard InChI is InChI=1S/C11H8Cl2N2O3/c1-5-9-7(3-2-6(12)10(9)13)14-11(18)15(5)4-8(16)17/h2-3H,1,4H2,(H,14,18)(H,16,17). The quantitative estimate of drug-likeness (QED) is 0.878. The van der Waals surface area contributed by atoms with Crippen molar-refractivity contribution in [1.82, 2.24) is 4.90 Å². The predicted molar refractivity (Wildman–Crippen MR) is 68.9 cm³/mol. The van der Waals surface area contributed by atoms with Crippen LogP contribution in [0, 0.1) is 0 Å². The van der Waals surface area contributed by atoms with E-state index in [-0.39, 0.29) is 10.7 Å². The van der Waals surface area contributed by atoms with E-state index in [1.165, 1.54) is 0 Å². The molecule has 1 heterocycles. The zero-order chi connectivity index (χ0) is 13.4. The maximum Gasteiger partial charge on any atom is 0.326 e. The van der Waals surface area contributed by atoms with Gasteiger partial charge in [0.05, 0.1) is 15.7 Å². The summed E-state index contributed by atoms with van der Waals surface area (Å²) in [4.78, 5) is 23.4. The molecule has 0 saturated carbocycles. The summed E-state index contributed by atoms with van der Waals surface area (Å²) in [5.74, 6) is -1.15. The Hall–Kier alpha value is -1.72. The molecule has 94 valence electrons. The van der Waals surface area contributed by atoms with Gasteiger partial charge in [0.25, 0.3) is 0 Å². The lowest BCUT2D eigenvalue weighted by Crippen LogP contribution is -2.40. The van der Waals surface area contributed by atoms with Gasteiger partial charge >= 0.3 is 12.0 Å². The number of hydrogen-bond donors (Lipinski definition) is 2. The first-order valence-electron chi connectivity index (χ1n) is 4.89. The molecule has 5 nitrogen and oxygen atoms in total. The summed E-state index contributed by atoms with van der Waals surface area (Å²) in [6, 6.07) is 2.57. The van der Waals surface area contributed by atoms with Gasteiger partial charge in [0.1, 0.15) is 6.54 Å². The number of carboxylic acid groups (broad SMARTS) is 1. The number of hydrogen-bond acceptors (Lipinski definition) is 2. The number of anilines is 1. The molecule has 18 heavy (non-hydrogen) atoms. The van der Waals surface area contributed by atoms with E-state index in [9.17, 15) is 9.59 Å². The highest BCUT2D eigenvalue weighted by atomic mass is 35.5. The van der Waals surface area contributed by atoms with Gasteiger partial charge < -0.3 is 10.4 Å². The van der Waals surface area contributed by atoms with Crippen LogP contribution in [0.1, 0.15) is 5.56 Å². The summed E-state index contributed by atoms with van der Waals surface area (Å²) >= 11 is 11.9. The number of aliphatic carboxylic acids is 1. The van der Waals surface area contributed by atoms with Crippen molar-refractivity contribution in [3.8, 4) is 0 Å². The third kappa shape index (κ3) is 2.02. The zero-order valence-corrected chi connectivity index (χ0v) is 10.5. The molecule has 2 N–H and O–H groups in total. The predicted octanol–water partition coefficient (Wildman–Crippen LogP) is 2.90. The molecule has 1 aromatic carbocycles. The maximum absolute atomic E-state index is 11.7. The van der Waals surface area contributed by atoms with E-state index < -0.39 is 18.5 Å². The number of carbonyl (C=O) groups excluding carboxylic acids is 1. The van der Waals surface area contributed by atoms with E-state index >= 15 is 0 Å². The lowest BCUT2D eigenvalue weighted by atomic mass is 10.1. The van der Waals surface area contributed by atoms with Gasteiger partial charge in [-0.1, -0.05) is 29.8 Å². The second-order valence-electron chi connectivity index (χ2n) is 3.64. The highest BCUT2D eigenvalue weighted by Crippen LogP contribution is 2.39. The Labute approximate surface area is 113 Å². The van der Waals surface area contributed by atoms with Gasteiger partial charge in [-0.25, -0.2) is 4.79 Å². The van der Waals surface area contributed by atoms with E-state index in [2.05, 4.69) is 11.9 Å². The molecule has 1 aliphatic heterocycles. The molecule has 0 aromatic heterocycles. The molecular weight excluding hydrogens is 279 g/mol. The van der Waals surface area contributed by atoms with Crippen molar-refractivity contribution >= 4 is 46.6 Å². The van der Waals surface area contributed by atoms with Crippen LogP contribution in [0.2, 0.25) is 10.0 Å². The van der Waals surface area contributed by atoms with Crippen LogP contribution >= 0.6 is 23.2 Å². The first-order chi connectivity index (χ1) is 8.41. The SMILES string of the molecule is C=C1c2c(ccc(Cl)c2Cl)NC(=O)N1CC(=O)O. The van der Waals surface area contributed by atoms with Crippen LogP contribution in [0.3, 0.4) is 0 Å². The minimum atomic E-state index is -1.15. The fraction of sp³-hybridized carbons (Fsp3) is 0.0909. The Kier molecular flexibility index (Phi) is 3.19.